The van der Waals surface area contributed by atoms with Gasteiger partial charge >= 0.3 is 0 Å². The molecule has 2 aromatic rings. The van der Waals surface area contributed by atoms with Crippen molar-refractivity contribution in [2.45, 2.75) is 31.9 Å². The van der Waals surface area contributed by atoms with Crippen molar-refractivity contribution in [3.63, 3.8) is 0 Å². The number of hydrogen-bond acceptors (Lipinski definition) is 2. The minimum Gasteiger partial charge on any atom is -0.479 e. The average Bonchev–Trinajstić information content (AvgIpc) is 3.06. The van der Waals surface area contributed by atoms with Gasteiger partial charge < -0.3 is 9.64 Å². The summed E-state index contributed by atoms with van der Waals surface area (Å²) in [7, 11) is 0. The molecule has 1 aliphatic rings. The molecular formula is C19H19Cl2NO2. The van der Waals surface area contributed by atoms with Gasteiger partial charge in [0, 0.05) is 11.6 Å². The molecule has 0 spiro atoms. The average molecular weight is 364 g/mol. The lowest BCUT2D eigenvalue weighted by Gasteiger charge is -2.28. The van der Waals surface area contributed by atoms with Gasteiger partial charge in [-0.1, -0.05) is 47.5 Å². The van der Waals surface area contributed by atoms with Crippen LogP contribution in [0, 0.1) is 0 Å². The lowest BCUT2D eigenvalue weighted by atomic mass is 10.0. The first-order valence-corrected chi connectivity index (χ1v) is 8.79. The molecule has 2 unspecified atom stereocenters. The van der Waals surface area contributed by atoms with Gasteiger partial charge in [-0.15, -0.1) is 0 Å². The molecule has 3 nitrogen and oxygen atoms in total. The number of halogens is 2. The van der Waals surface area contributed by atoms with Gasteiger partial charge in [-0.05, 0) is 49.6 Å². The highest BCUT2D eigenvalue weighted by Gasteiger charge is 2.33. The van der Waals surface area contributed by atoms with Gasteiger partial charge in [0.2, 0.25) is 0 Å². The molecule has 1 amide bonds. The van der Waals surface area contributed by atoms with Crippen LogP contribution in [-0.2, 0) is 4.79 Å². The molecular weight excluding hydrogens is 345 g/mol. The van der Waals surface area contributed by atoms with Crippen molar-refractivity contribution < 1.29 is 9.53 Å². The fourth-order valence-corrected chi connectivity index (χ4v) is 3.48. The molecule has 1 aliphatic heterocycles. The molecule has 2 atom stereocenters. The summed E-state index contributed by atoms with van der Waals surface area (Å²) in [6.45, 7) is 2.49. The molecule has 24 heavy (non-hydrogen) atoms. The van der Waals surface area contributed by atoms with E-state index in [2.05, 4.69) is 0 Å². The van der Waals surface area contributed by atoms with Crippen molar-refractivity contribution in [2.75, 3.05) is 6.54 Å². The summed E-state index contributed by atoms with van der Waals surface area (Å²) in [6.07, 6.45) is 1.32. The van der Waals surface area contributed by atoms with Crippen LogP contribution in [0.2, 0.25) is 10.0 Å². The number of carbonyl (C=O) groups is 1. The number of likely N-dealkylation sites (tertiary alicyclic amines) is 1. The molecule has 1 fully saturated rings. The highest BCUT2D eigenvalue weighted by atomic mass is 35.5. The molecule has 0 radical (unpaired) electrons. The van der Waals surface area contributed by atoms with Gasteiger partial charge in [-0.3, -0.25) is 4.79 Å². The zero-order chi connectivity index (χ0) is 17.1. The maximum atomic E-state index is 12.9. The number of benzene rings is 2. The van der Waals surface area contributed by atoms with Crippen molar-refractivity contribution in [3.8, 4) is 5.75 Å². The molecule has 0 aliphatic carbocycles. The van der Waals surface area contributed by atoms with Crippen molar-refractivity contribution in [1.29, 1.82) is 0 Å². The second-order valence-electron chi connectivity index (χ2n) is 5.94. The Morgan fingerprint density at radius 3 is 2.75 bits per heavy atom. The number of hydrogen-bond donors (Lipinski definition) is 0. The van der Waals surface area contributed by atoms with E-state index in [-0.39, 0.29) is 11.9 Å². The summed E-state index contributed by atoms with van der Waals surface area (Å²) >= 11 is 12.2. The van der Waals surface area contributed by atoms with E-state index in [0.717, 1.165) is 24.9 Å². The first-order valence-electron chi connectivity index (χ1n) is 8.03. The van der Waals surface area contributed by atoms with Crippen LogP contribution in [0.5, 0.6) is 5.75 Å². The van der Waals surface area contributed by atoms with Crippen molar-refractivity contribution in [2.24, 2.45) is 0 Å². The summed E-state index contributed by atoms with van der Waals surface area (Å²) in [6, 6.07) is 14.9. The standard InChI is InChI=1S/C19H19Cl2NO2/c1-13(24-18-10-3-2-8-16(18)21)19(23)22-11-5-9-17(22)14-6-4-7-15(20)12-14/h2-4,6-8,10,12-13,17H,5,9,11H2,1H3. The summed E-state index contributed by atoms with van der Waals surface area (Å²) in [5.74, 6) is 0.496. The smallest absolute Gasteiger partial charge is 0.263 e. The molecule has 1 saturated heterocycles. The summed E-state index contributed by atoms with van der Waals surface area (Å²) in [5, 5.41) is 1.19. The highest BCUT2D eigenvalue weighted by molar-refractivity contribution is 6.32. The zero-order valence-electron chi connectivity index (χ0n) is 13.4. The quantitative estimate of drug-likeness (QED) is 0.753. The molecule has 126 valence electrons. The Balaban J connectivity index is 1.74. The van der Waals surface area contributed by atoms with Crippen LogP contribution >= 0.6 is 23.2 Å². The van der Waals surface area contributed by atoms with Crippen molar-refractivity contribution in [3.05, 3.63) is 64.1 Å². The number of para-hydroxylation sites is 1. The predicted octanol–water partition coefficient (Wildman–Crippen LogP) is 5.12. The Kier molecular flexibility index (Phi) is 5.32. The summed E-state index contributed by atoms with van der Waals surface area (Å²) in [5.41, 5.74) is 1.07. The van der Waals surface area contributed by atoms with Gasteiger partial charge in [0.05, 0.1) is 11.1 Å². The zero-order valence-corrected chi connectivity index (χ0v) is 14.9. The first kappa shape index (κ1) is 17.1. The van der Waals surface area contributed by atoms with Crippen molar-refractivity contribution in [1.82, 2.24) is 4.90 Å². The molecule has 0 N–H and O–H groups in total. The number of ether oxygens (including phenoxy) is 1. The maximum Gasteiger partial charge on any atom is 0.263 e. The van der Waals surface area contributed by atoms with E-state index in [1.807, 2.05) is 41.3 Å². The fourth-order valence-electron chi connectivity index (χ4n) is 3.11. The fraction of sp³-hybridized carbons (Fsp3) is 0.316. The van der Waals surface area contributed by atoms with E-state index in [1.165, 1.54) is 0 Å². The topological polar surface area (TPSA) is 29.5 Å². The van der Waals surface area contributed by atoms with Crippen LogP contribution in [0.25, 0.3) is 0 Å². The van der Waals surface area contributed by atoms with Gasteiger partial charge in [-0.2, -0.15) is 0 Å². The Labute approximate surface area is 152 Å². The number of nitrogens with zero attached hydrogens (tertiary/aromatic N) is 1. The van der Waals surface area contributed by atoms with Crippen molar-refractivity contribution >= 4 is 29.1 Å². The van der Waals surface area contributed by atoms with Crippen LogP contribution in [0.4, 0.5) is 0 Å². The molecule has 3 rings (SSSR count). The minimum absolute atomic E-state index is 0.0302. The van der Waals surface area contributed by atoms with Crippen LogP contribution in [-0.4, -0.2) is 23.5 Å². The molecule has 2 aromatic carbocycles. The second-order valence-corrected chi connectivity index (χ2v) is 6.78. The largest absolute Gasteiger partial charge is 0.479 e. The van der Waals surface area contributed by atoms with E-state index < -0.39 is 6.10 Å². The van der Waals surface area contributed by atoms with Crippen LogP contribution in [0.1, 0.15) is 31.4 Å². The van der Waals surface area contributed by atoms with Gasteiger partial charge in [0.15, 0.2) is 6.10 Å². The molecule has 0 bridgehead atoms. The van der Waals surface area contributed by atoms with E-state index in [4.69, 9.17) is 27.9 Å². The predicted molar refractivity (Wildman–Crippen MR) is 96.7 cm³/mol. The van der Waals surface area contributed by atoms with Gasteiger partial charge in [0.1, 0.15) is 5.75 Å². The molecule has 5 heteroatoms. The normalized spacial score (nSPS) is 18.5. The minimum atomic E-state index is -0.593. The third-order valence-corrected chi connectivity index (χ3v) is 4.80. The number of carbonyl (C=O) groups excluding carboxylic acids is 1. The van der Waals surface area contributed by atoms with Gasteiger partial charge in [0.25, 0.3) is 5.91 Å². The lowest BCUT2D eigenvalue weighted by molar-refractivity contribution is -0.138. The molecule has 0 aromatic heterocycles. The number of amides is 1. The maximum absolute atomic E-state index is 12.9. The Morgan fingerprint density at radius 1 is 1.21 bits per heavy atom. The summed E-state index contributed by atoms with van der Waals surface area (Å²) < 4.78 is 5.78. The SMILES string of the molecule is CC(Oc1ccccc1Cl)C(=O)N1CCCC1c1cccc(Cl)c1. The van der Waals surface area contributed by atoms with E-state index in [1.54, 1.807) is 19.1 Å². The first-order chi connectivity index (χ1) is 11.6. The monoisotopic (exact) mass is 363 g/mol. The third-order valence-electron chi connectivity index (χ3n) is 4.26. The van der Waals surface area contributed by atoms with Crippen LogP contribution in [0.15, 0.2) is 48.5 Å². The Hall–Kier alpha value is -1.71. The lowest BCUT2D eigenvalue weighted by Crippen LogP contribution is -2.40. The summed E-state index contributed by atoms with van der Waals surface area (Å²) in [4.78, 5) is 14.7. The highest BCUT2D eigenvalue weighted by Crippen LogP contribution is 2.34. The molecule has 1 heterocycles. The van der Waals surface area contributed by atoms with E-state index in [9.17, 15) is 4.79 Å². The van der Waals surface area contributed by atoms with E-state index in [0.29, 0.717) is 15.8 Å². The molecule has 0 saturated carbocycles. The second kappa shape index (κ2) is 7.45. The van der Waals surface area contributed by atoms with Gasteiger partial charge in [-0.25, -0.2) is 0 Å². The Morgan fingerprint density at radius 2 is 2.00 bits per heavy atom. The van der Waals surface area contributed by atoms with Crippen LogP contribution < -0.4 is 4.74 Å². The third kappa shape index (κ3) is 3.68. The van der Waals surface area contributed by atoms with E-state index >= 15 is 0 Å². The van der Waals surface area contributed by atoms with Crippen LogP contribution in [0.3, 0.4) is 0 Å². The Bertz CT molecular complexity index is 735. The number of rotatable bonds is 4.